The van der Waals surface area contributed by atoms with Crippen molar-refractivity contribution in [2.75, 3.05) is 4.90 Å². The summed E-state index contributed by atoms with van der Waals surface area (Å²) >= 11 is 0. The third kappa shape index (κ3) is 6.46. The van der Waals surface area contributed by atoms with Gasteiger partial charge in [-0.05, 0) is 123 Å². The highest BCUT2D eigenvalue weighted by atomic mass is 16.3. The smallest absolute Gasteiger partial charge is 0.136 e. The molecule has 3 nitrogen and oxygen atoms in total. The van der Waals surface area contributed by atoms with Gasteiger partial charge in [-0.1, -0.05) is 164 Å². The molecule has 0 saturated heterocycles. The number of anilines is 3. The van der Waals surface area contributed by atoms with Gasteiger partial charge in [-0.25, -0.2) is 0 Å². The van der Waals surface area contributed by atoms with Gasteiger partial charge in [-0.3, -0.25) is 0 Å². The summed E-state index contributed by atoms with van der Waals surface area (Å²) in [6.07, 6.45) is 0. The molecule has 296 valence electrons. The largest absolute Gasteiger partial charge is 0.456 e. The van der Waals surface area contributed by atoms with Crippen LogP contribution in [0.1, 0.15) is 0 Å². The molecule has 0 spiro atoms. The molecule has 0 aliphatic carbocycles. The van der Waals surface area contributed by atoms with E-state index in [1.807, 2.05) is 12.1 Å². The monoisotopic (exact) mass is 804 g/mol. The highest BCUT2D eigenvalue weighted by Crippen LogP contribution is 2.42. The fourth-order valence-electron chi connectivity index (χ4n) is 9.44. The van der Waals surface area contributed by atoms with Gasteiger partial charge in [0.25, 0.3) is 0 Å². The van der Waals surface area contributed by atoms with E-state index in [0.29, 0.717) is 0 Å². The Morgan fingerprint density at radius 3 is 1.52 bits per heavy atom. The molecule has 12 aromatic rings. The molecule has 0 radical (unpaired) electrons. The van der Waals surface area contributed by atoms with E-state index in [9.17, 15) is 0 Å². The number of benzene rings is 10. The molecular weight excluding hydrogens is 765 g/mol. The lowest BCUT2D eigenvalue weighted by Crippen LogP contribution is -2.10. The molecule has 0 saturated carbocycles. The van der Waals surface area contributed by atoms with Gasteiger partial charge in [0.15, 0.2) is 0 Å². The zero-order chi connectivity index (χ0) is 41.7. The molecule has 0 unspecified atom stereocenters. The van der Waals surface area contributed by atoms with Crippen LogP contribution >= 0.6 is 0 Å². The predicted octanol–water partition coefficient (Wildman–Crippen LogP) is 16.8. The third-order valence-corrected chi connectivity index (χ3v) is 12.4. The maximum absolute atomic E-state index is 6.32. The van der Waals surface area contributed by atoms with Crippen LogP contribution in [0.2, 0.25) is 0 Å². The van der Waals surface area contributed by atoms with E-state index in [1.54, 1.807) is 0 Å². The molecule has 0 amide bonds. The van der Waals surface area contributed by atoms with Crippen molar-refractivity contribution in [3.63, 3.8) is 0 Å². The molecule has 0 aliphatic heterocycles. The number of furan rings is 1. The maximum atomic E-state index is 6.32. The topological polar surface area (TPSA) is 21.3 Å². The maximum Gasteiger partial charge on any atom is 0.136 e. The van der Waals surface area contributed by atoms with Crippen molar-refractivity contribution < 1.29 is 4.42 Å². The Bertz CT molecular complexity index is 3580. The van der Waals surface area contributed by atoms with Gasteiger partial charge in [-0.15, -0.1) is 0 Å². The molecule has 12 rings (SSSR count). The van der Waals surface area contributed by atoms with Gasteiger partial charge in [0.2, 0.25) is 0 Å². The standard InChI is InChI=1S/C60H40N2O/c1-2-15-41(16-3-1)43-17-10-18-44(37-43)46-20-12-22-49(39-46)61(50-23-13-21-47(40-50)52-28-14-32-59-60(52)55-27-6-9-31-58(55)63-59)48-35-33-42(34-36-48)45-19-11-24-51(38-45)62-56-29-7-4-25-53(56)54-26-5-8-30-57(54)62/h1-40H. The summed E-state index contributed by atoms with van der Waals surface area (Å²) in [5, 5.41) is 4.77. The lowest BCUT2D eigenvalue weighted by molar-refractivity contribution is 0.669. The number of rotatable bonds is 8. The molecule has 0 atom stereocenters. The first kappa shape index (κ1) is 36.5. The summed E-state index contributed by atoms with van der Waals surface area (Å²) in [5.74, 6) is 0. The third-order valence-electron chi connectivity index (χ3n) is 12.4. The van der Waals surface area contributed by atoms with E-state index < -0.39 is 0 Å². The van der Waals surface area contributed by atoms with Crippen LogP contribution in [0, 0.1) is 0 Å². The Hall–Kier alpha value is -8.40. The molecule has 63 heavy (non-hydrogen) atoms. The zero-order valence-corrected chi connectivity index (χ0v) is 34.4. The summed E-state index contributed by atoms with van der Waals surface area (Å²) < 4.78 is 8.71. The Labute approximate surface area is 366 Å². The summed E-state index contributed by atoms with van der Waals surface area (Å²) in [4.78, 5) is 2.37. The fourth-order valence-corrected chi connectivity index (χ4v) is 9.44. The lowest BCUT2D eigenvalue weighted by Gasteiger charge is -2.27. The van der Waals surface area contributed by atoms with Crippen molar-refractivity contribution in [3.05, 3.63) is 243 Å². The van der Waals surface area contributed by atoms with Crippen molar-refractivity contribution in [1.29, 1.82) is 0 Å². The molecule has 3 heteroatoms. The normalized spacial score (nSPS) is 11.5. The number of fused-ring (bicyclic) bond motifs is 6. The second-order valence-electron chi connectivity index (χ2n) is 16.1. The van der Waals surface area contributed by atoms with Crippen molar-refractivity contribution in [1.82, 2.24) is 4.57 Å². The highest BCUT2D eigenvalue weighted by Gasteiger charge is 2.18. The summed E-state index contributed by atoms with van der Waals surface area (Å²) in [7, 11) is 0. The molecule has 10 aromatic carbocycles. The van der Waals surface area contributed by atoms with Crippen molar-refractivity contribution in [3.8, 4) is 50.2 Å². The molecule has 2 aromatic heterocycles. The molecule has 0 N–H and O–H groups in total. The molecule has 0 bridgehead atoms. The Morgan fingerprint density at radius 2 is 0.794 bits per heavy atom. The number of para-hydroxylation sites is 3. The summed E-state index contributed by atoms with van der Waals surface area (Å²) in [5.41, 5.74) is 17.8. The van der Waals surface area contributed by atoms with Crippen LogP contribution in [0.25, 0.3) is 93.9 Å². The Balaban J connectivity index is 0.971. The van der Waals surface area contributed by atoms with Crippen LogP contribution in [0.4, 0.5) is 17.1 Å². The highest BCUT2D eigenvalue weighted by molar-refractivity contribution is 6.13. The number of nitrogens with zero attached hydrogens (tertiary/aromatic N) is 2. The van der Waals surface area contributed by atoms with Gasteiger partial charge >= 0.3 is 0 Å². The van der Waals surface area contributed by atoms with Crippen LogP contribution in [0.5, 0.6) is 0 Å². The van der Waals surface area contributed by atoms with Crippen LogP contribution in [-0.2, 0) is 0 Å². The molecule has 0 aliphatic rings. The fraction of sp³-hybridized carbons (Fsp3) is 0. The molecule has 2 heterocycles. The van der Waals surface area contributed by atoms with Gasteiger partial charge in [0.05, 0.1) is 11.0 Å². The van der Waals surface area contributed by atoms with Crippen LogP contribution < -0.4 is 4.90 Å². The van der Waals surface area contributed by atoms with Gasteiger partial charge in [-0.2, -0.15) is 0 Å². The van der Waals surface area contributed by atoms with E-state index in [2.05, 4.69) is 240 Å². The van der Waals surface area contributed by atoms with Gasteiger partial charge in [0.1, 0.15) is 11.2 Å². The lowest BCUT2D eigenvalue weighted by atomic mass is 9.97. The van der Waals surface area contributed by atoms with E-state index in [1.165, 1.54) is 38.5 Å². The second kappa shape index (κ2) is 15.3. The summed E-state index contributed by atoms with van der Waals surface area (Å²) in [6, 6.07) is 87.1. The minimum atomic E-state index is 0.888. The average molecular weight is 805 g/mol. The van der Waals surface area contributed by atoms with Crippen molar-refractivity contribution >= 4 is 60.8 Å². The molecular formula is C60H40N2O. The second-order valence-corrected chi connectivity index (χ2v) is 16.1. The van der Waals surface area contributed by atoms with Crippen LogP contribution in [0.3, 0.4) is 0 Å². The number of aromatic nitrogens is 1. The Kier molecular flexibility index (Phi) is 8.83. The van der Waals surface area contributed by atoms with E-state index in [0.717, 1.165) is 72.5 Å². The number of hydrogen-bond donors (Lipinski definition) is 0. The van der Waals surface area contributed by atoms with Gasteiger partial charge < -0.3 is 13.9 Å². The van der Waals surface area contributed by atoms with E-state index in [4.69, 9.17) is 4.42 Å². The van der Waals surface area contributed by atoms with Crippen molar-refractivity contribution in [2.24, 2.45) is 0 Å². The van der Waals surface area contributed by atoms with Crippen LogP contribution in [0.15, 0.2) is 247 Å². The Morgan fingerprint density at radius 1 is 0.302 bits per heavy atom. The first-order valence-corrected chi connectivity index (χ1v) is 21.5. The minimum Gasteiger partial charge on any atom is -0.456 e. The number of hydrogen-bond acceptors (Lipinski definition) is 2. The van der Waals surface area contributed by atoms with Crippen molar-refractivity contribution in [2.45, 2.75) is 0 Å². The first-order chi connectivity index (χ1) is 31.2. The SMILES string of the molecule is c1ccc(-c2cccc(-c3cccc(N(c4ccc(-c5cccc(-n6c7ccccc7c7ccccc76)c5)cc4)c4cccc(-c5cccc6oc7ccccc7c56)c4)c3)c2)cc1. The predicted molar refractivity (Wildman–Crippen MR) is 264 cm³/mol. The van der Waals surface area contributed by atoms with E-state index >= 15 is 0 Å². The zero-order valence-electron chi connectivity index (χ0n) is 34.4. The van der Waals surface area contributed by atoms with E-state index in [-0.39, 0.29) is 0 Å². The van der Waals surface area contributed by atoms with Gasteiger partial charge in [0, 0.05) is 44.3 Å². The minimum absolute atomic E-state index is 0.888. The molecule has 0 fully saturated rings. The first-order valence-electron chi connectivity index (χ1n) is 21.5. The average Bonchev–Trinajstić information content (AvgIpc) is 3.91. The van der Waals surface area contributed by atoms with Crippen LogP contribution in [-0.4, -0.2) is 4.57 Å². The summed E-state index contributed by atoms with van der Waals surface area (Å²) in [6.45, 7) is 0. The quantitative estimate of drug-likeness (QED) is 0.153.